The molecule has 2 heteroatoms. The molecular weight excluding hydrogens is 176 g/mol. The van der Waals surface area contributed by atoms with Crippen molar-refractivity contribution in [1.29, 1.82) is 0 Å². The summed E-state index contributed by atoms with van der Waals surface area (Å²) in [6.45, 7) is 1.21. The molecule has 0 spiro atoms. The van der Waals surface area contributed by atoms with Gasteiger partial charge < -0.3 is 9.84 Å². The highest BCUT2D eigenvalue weighted by Gasteiger charge is 2.46. The third-order valence-corrected chi connectivity index (χ3v) is 4.71. The van der Waals surface area contributed by atoms with E-state index in [1.165, 1.54) is 25.7 Å². The van der Waals surface area contributed by atoms with Gasteiger partial charge in [0.2, 0.25) is 0 Å². The Bertz CT molecular complexity index is 212. The molecule has 80 valence electrons. The standard InChI is InChI=1S/C12H20O2/c13-7-10-3-4-14-12(10)11-6-8-1-2-9(11)5-8/h8-13H,1-7H2. The van der Waals surface area contributed by atoms with Crippen molar-refractivity contribution in [2.24, 2.45) is 23.7 Å². The average molecular weight is 196 g/mol. The lowest BCUT2D eigenvalue weighted by molar-refractivity contribution is 0.00724. The van der Waals surface area contributed by atoms with Gasteiger partial charge in [0.25, 0.3) is 0 Å². The normalized spacial score (nSPS) is 51.6. The van der Waals surface area contributed by atoms with Crippen molar-refractivity contribution in [3.05, 3.63) is 0 Å². The van der Waals surface area contributed by atoms with E-state index in [0.717, 1.165) is 30.8 Å². The Hall–Kier alpha value is -0.0800. The molecule has 5 unspecified atom stereocenters. The molecule has 1 N–H and O–H groups in total. The number of aliphatic hydroxyl groups excluding tert-OH is 1. The Morgan fingerprint density at radius 1 is 1.14 bits per heavy atom. The Balaban J connectivity index is 1.70. The minimum Gasteiger partial charge on any atom is -0.396 e. The topological polar surface area (TPSA) is 29.5 Å². The molecular formula is C12H20O2. The fourth-order valence-corrected chi connectivity index (χ4v) is 4.02. The van der Waals surface area contributed by atoms with Crippen molar-refractivity contribution in [1.82, 2.24) is 0 Å². The first-order valence-electron chi connectivity index (χ1n) is 6.11. The Labute approximate surface area is 85.6 Å². The summed E-state index contributed by atoms with van der Waals surface area (Å²) in [6, 6.07) is 0. The summed E-state index contributed by atoms with van der Waals surface area (Å²) >= 11 is 0. The zero-order valence-electron chi connectivity index (χ0n) is 8.69. The SMILES string of the molecule is OCC1CCOC1C1CC2CCC1C2. The molecule has 3 aliphatic rings. The number of hydrogen-bond donors (Lipinski definition) is 1. The molecule has 0 amide bonds. The van der Waals surface area contributed by atoms with Crippen molar-refractivity contribution in [3.63, 3.8) is 0 Å². The molecule has 1 heterocycles. The molecule has 3 rings (SSSR count). The van der Waals surface area contributed by atoms with Crippen LogP contribution in [-0.2, 0) is 4.74 Å². The van der Waals surface area contributed by atoms with Gasteiger partial charge >= 0.3 is 0 Å². The van der Waals surface area contributed by atoms with Crippen LogP contribution in [-0.4, -0.2) is 24.4 Å². The van der Waals surface area contributed by atoms with E-state index in [-0.39, 0.29) is 0 Å². The van der Waals surface area contributed by atoms with Crippen LogP contribution in [0.1, 0.15) is 32.1 Å². The largest absolute Gasteiger partial charge is 0.396 e. The first-order valence-corrected chi connectivity index (χ1v) is 6.11. The van der Waals surface area contributed by atoms with Gasteiger partial charge in [0.15, 0.2) is 0 Å². The van der Waals surface area contributed by atoms with Gasteiger partial charge in [0.05, 0.1) is 6.10 Å². The highest BCUT2D eigenvalue weighted by molar-refractivity contribution is 4.96. The summed E-state index contributed by atoms with van der Waals surface area (Å²) in [5.74, 6) is 3.15. The van der Waals surface area contributed by atoms with Crippen LogP contribution >= 0.6 is 0 Å². The molecule has 5 atom stereocenters. The number of fused-ring (bicyclic) bond motifs is 2. The van der Waals surface area contributed by atoms with Crippen LogP contribution in [0, 0.1) is 23.7 Å². The van der Waals surface area contributed by atoms with Crippen molar-refractivity contribution in [2.75, 3.05) is 13.2 Å². The molecule has 0 aromatic rings. The molecule has 14 heavy (non-hydrogen) atoms. The smallest absolute Gasteiger partial charge is 0.0656 e. The fraction of sp³-hybridized carbons (Fsp3) is 1.00. The van der Waals surface area contributed by atoms with Gasteiger partial charge in [0.1, 0.15) is 0 Å². The van der Waals surface area contributed by atoms with Crippen molar-refractivity contribution < 1.29 is 9.84 Å². The highest BCUT2D eigenvalue weighted by atomic mass is 16.5. The number of aliphatic hydroxyl groups is 1. The quantitative estimate of drug-likeness (QED) is 0.730. The third-order valence-electron chi connectivity index (χ3n) is 4.71. The molecule has 0 radical (unpaired) electrons. The maximum absolute atomic E-state index is 9.29. The van der Waals surface area contributed by atoms with E-state index in [1.807, 2.05) is 0 Å². The second-order valence-corrected chi connectivity index (χ2v) is 5.41. The lowest BCUT2D eigenvalue weighted by Crippen LogP contribution is -2.32. The summed E-state index contributed by atoms with van der Waals surface area (Å²) in [5.41, 5.74) is 0. The number of hydrogen-bond acceptors (Lipinski definition) is 2. The van der Waals surface area contributed by atoms with Crippen LogP contribution in [0.3, 0.4) is 0 Å². The zero-order valence-corrected chi connectivity index (χ0v) is 8.69. The van der Waals surface area contributed by atoms with Gasteiger partial charge in [-0.05, 0) is 43.4 Å². The van der Waals surface area contributed by atoms with Gasteiger partial charge in [-0.3, -0.25) is 0 Å². The van der Waals surface area contributed by atoms with Crippen molar-refractivity contribution >= 4 is 0 Å². The first kappa shape index (κ1) is 9.17. The number of ether oxygens (including phenoxy) is 1. The maximum atomic E-state index is 9.29. The average Bonchev–Trinajstić information content (AvgIpc) is 2.92. The van der Waals surface area contributed by atoms with E-state index in [0.29, 0.717) is 18.6 Å². The van der Waals surface area contributed by atoms with Crippen molar-refractivity contribution in [3.8, 4) is 0 Å². The van der Waals surface area contributed by atoms with E-state index in [2.05, 4.69) is 0 Å². The summed E-state index contributed by atoms with van der Waals surface area (Å²) in [7, 11) is 0. The lowest BCUT2D eigenvalue weighted by atomic mass is 9.80. The second kappa shape index (κ2) is 3.49. The van der Waals surface area contributed by atoms with E-state index in [4.69, 9.17) is 4.74 Å². The Morgan fingerprint density at radius 2 is 2.07 bits per heavy atom. The predicted octanol–water partition coefficient (Wildman–Crippen LogP) is 1.82. The molecule has 3 fully saturated rings. The van der Waals surface area contributed by atoms with E-state index in [1.54, 1.807) is 0 Å². The van der Waals surface area contributed by atoms with Gasteiger partial charge in [-0.2, -0.15) is 0 Å². The van der Waals surface area contributed by atoms with Crippen LogP contribution in [0.5, 0.6) is 0 Å². The molecule has 2 saturated carbocycles. The van der Waals surface area contributed by atoms with E-state index >= 15 is 0 Å². The molecule has 1 aliphatic heterocycles. The van der Waals surface area contributed by atoms with Gasteiger partial charge in [0, 0.05) is 19.1 Å². The minimum atomic E-state index is 0.332. The summed E-state index contributed by atoms with van der Waals surface area (Å²) in [5, 5.41) is 9.29. The molecule has 0 aromatic heterocycles. The van der Waals surface area contributed by atoms with Crippen LogP contribution < -0.4 is 0 Å². The highest BCUT2D eigenvalue weighted by Crippen LogP contribution is 2.52. The Kier molecular flexibility index (Phi) is 2.29. The van der Waals surface area contributed by atoms with Crippen LogP contribution in [0.15, 0.2) is 0 Å². The van der Waals surface area contributed by atoms with E-state index < -0.39 is 0 Å². The Morgan fingerprint density at radius 3 is 2.71 bits per heavy atom. The fourth-order valence-electron chi connectivity index (χ4n) is 4.02. The summed E-state index contributed by atoms with van der Waals surface area (Å²) in [4.78, 5) is 0. The zero-order chi connectivity index (χ0) is 9.54. The summed E-state index contributed by atoms with van der Waals surface area (Å²) in [6.07, 6.45) is 7.18. The van der Waals surface area contributed by atoms with Gasteiger partial charge in [-0.15, -0.1) is 0 Å². The predicted molar refractivity (Wildman–Crippen MR) is 53.9 cm³/mol. The van der Waals surface area contributed by atoms with Crippen LogP contribution in [0.25, 0.3) is 0 Å². The lowest BCUT2D eigenvalue weighted by Gasteiger charge is -2.30. The van der Waals surface area contributed by atoms with Gasteiger partial charge in [-0.25, -0.2) is 0 Å². The molecule has 0 aromatic carbocycles. The van der Waals surface area contributed by atoms with Crippen LogP contribution in [0.2, 0.25) is 0 Å². The monoisotopic (exact) mass is 196 g/mol. The first-order chi connectivity index (χ1) is 6.88. The third kappa shape index (κ3) is 1.31. The van der Waals surface area contributed by atoms with Gasteiger partial charge in [-0.1, -0.05) is 6.42 Å². The second-order valence-electron chi connectivity index (χ2n) is 5.41. The molecule has 2 bridgehead atoms. The summed E-state index contributed by atoms with van der Waals surface area (Å²) < 4.78 is 5.83. The molecule has 1 saturated heterocycles. The van der Waals surface area contributed by atoms with Crippen LogP contribution in [0.4, 0.5) is 0 Å². The minimum absolute atomic E-state index is 0.332. The van der Waals surface area contributed by atoms with Crippen molar-refractivity contribution in [2.45, 2.75) is 38.2 Å². The maximum Gasteiger partial charge on any atom is 0.0656 e. The van der Waals surface area contributed by atoms with E-state index in [9.17, 15) is 5.11 Å². The molecule has 2 aliphatic carbocycles. The molecule has 2 nitrogen and oxygen atoms in total. The number of rotatable bonds is 2.